The summed E-state index contributed by atoms with van der Waals surface area (Å²) >= 11 is 7.25. The van der Waals surface area contributed by atoms with Gasteiger partial charge in [-0.25, -0.2) is 9.37 Å². The summed E-state index contributed by atoms with van der Waals surface area (Å²) in [6.45, 7) is 0.481. The lowest BCUT2D eigenvalue weighted by Crippen LogP contribution is -2.05. The molecule has 0 aliphatic carbocycles. The lowest BCUT2D eigenvalue weighted by Gasteiger charge is -2.06. The van der Waals surface area contributed by atoms with E-state index in [-0.39, 0.29) is 5.82 Å². The highest BCUT2D eigenvalue weighted by molar-refractivity contribution is 7.16. The van der Waals surface area contributed by atoms with Crippen molar-refractivity contribution >= 4 is 34.7 Å². The smallest absolute Gasteiger partial charge is 0.224 e. The summed E-state index contributed by atoms with van der Waals surface area (Å²) in [5, 5.41) is 5.65. The van der Waals surface area contributed by atoms with E-state index < -0.39 is 5.82 Å². The topological polar surface area (TPSA) is 49.8 Å². The van der Waals surface area contributed by atoms with Gasteiger partial charge in [0.05, 0.1) is 17.1 Å². The Kier molecular flexibility index (Phi) is 3.75. The first kappa shape index (κ1) is 12.1. The number of nitrogens with one attached hydrogen (secondary N) is 2. The van der Waals surface area contributed by atoms with Crippen molar-refractivity contribution in [3.63, 3.8) is 0 Å². The number of hydrogen-bond donors (Lipinski definition) is 2. The second kappa shape index (κ2) is 5.29. The Morgan fingerprint density at radius 2 is 2.29 bits per heavy atom. The summed E-state index contributed by atoms with van der Waals surface area (Å²) in [5.74, 6) is 0.0682. The third kappa shape index (κ3) is 3.04. The van der Waals surface area contributed by atoms with Gasteiger partial charge in [0, 0.05) is 11.9 Å². The zero-order chi connectivity index (χ0) is 12.3. The zero-order valence-corrected chi connectivity index (χ0v) is 10.6. The predicted molar refractivity (Wildman–Crippen MR) is 68.2 cm³/mol. The van der Waals surface area contributed by atoms with Gasteiger partial charge in [-0.2, -0.15) is 4.98 Å². The summed E-state index contributed by atoms with van der Waals surface area (Å²) in [5.41, 5.74) is 0. The third-order valence-corrected chi connectivity index (χ3v) is 3.26. The van der Waals surface area contributed by atoms with E-state index in [1.165, 1.54) is 11.3 Å². The molecule has 90 valence electrons. The van der Waals surface area contributed by atoms with Crippen LogP contribution >= 0.6 is 22.9 Å². The molecule has 17 heavy (non-hydrogen) atoms. The van der Waals surface area contributed by atoms with Crippen LogP contribution in [-0.4, -0.2) is 17.0 Å². The second-order valence-electron chi connectivity index (χ2n) is 3.20. The van der Waals surface area contributed by atoms with E-state index in [0.717, 1.165) is 11.1 Å². The molecule has 0 aromatic carbocycles. The monoisotopic (exact) mass is 272 g/mol. The first-order chi connectivity index (χ1) is 8.19. The fourth-order valence-corrected chi connectivity index (χ4v) is 2.26. The molecular weight excluding hydrogens is 263 g/mol. The third-order valence-electron chi connectivity index (χ3n) is 2.03. The van der Waals surface area contributed by atoms with Crippen LogP contribution in [0.5, 0.6) is 0 Å². The minimum atomic E-state index is -0.480. The average molecular weight is 273 g/mol. The van der Waals surface area contributed by atoms with Crippen molar-refractivity contribution < 1.29 is 4.39 Å². The van der Waals surface area contributed by atoms with Gasteiger partial charge in [-0.3, -0.25) is 0 Å². The van der Waals surface area contributed by atoms with Crippen LogP contribution in [0, 0.1) is 5.82 Å². The average Bonchev–Trinajstić information content (AvgIpc) is 2.74. The van der Waals surface area contributed by atoms with Crippen molar-refractivity contribution in [2.24, 2.45) is 0 Å². The second-order valence-corrected chi connectivity index (χ2v) is 5.00. The molecule has 0 radical (unpaired) electrons. The quantitative estimate of drug-likeness (QED) is 0.898. The van der Waals surface area contributed by atoms with Crippen LogP contribution in [-0.2, 0) is 6.54 Å². The fraction of sp³-hybridized carbons (Fsp3) is 0.200. The largest absolute Gasteiger partial charge is 0.363 e. The first-order valence-corrected chi connectivity index (χ1v) is 6.07. The van der Waals surface area contributed by atoms with Crippen LogP contribution in [0.3, 0.4) is 0 Å². The number of halogens is 2. The molecule has 2 N–H and O–H groups in total. The van der Waals surface area contributed by atoms with E-state index in [2.05, 4.69) is 20.6 Å². The van der Waals surface area contributed by atoms with Gasteiger partial charge in [0.15, 0.2) is 11.6 Å². The van der Waals surface area contributed by atoms with Crippen molar-refractivity contribution in [2.75, 3.05) is 17.7 Å². The lowest BCUT2D eigenvalue weighted by molar-refractivity contribution is 0.617. The Bertz CT molecular complexity index is 517. The summed E-state index contributed by atoms with van der Waals surface area (Å²) in [6, 6.07) is 3.69. The van der Waals surface area contributed by atoms with Crippen LogP contribution in [0.1, 0.15) is 4.88 Å². The van der Waals surface area contributed by atoms with E-state index in [9.17, 15) is 4.39 Å². The van der Waals surface area contributed by atoms with Crippen molar-refractivity contribution in [2.45, 2.75) is 6.54 Å². The summed E-state index contributed by atoms with van der Waals surface area (Å²) < 4.78 is 14.1. The molecule has 0 unspecified atom stereocenters. The Morgan fingerprint density at radius 3 is 2.94 bits per heavy atom. The molecule has 0 spiro atoms. The Labute approximate surface area is 107 Å². The maximum Gasteiger partial charge on any atom is 0.224 e. The number of rotatable bonds is 4. The minimum Gasteiger partial charge on any atom is -0.363 e. The molecule has 0 saturated carbocycles. The maximum absolute atomic E-state index is 13.4. The summed E-state index contributed by atoms with van der Waals surface area (Å²) in [7, 11) is 1.68. The minimum absolute atomic E-state index is 0.175. The van der Waals surface area contributed by atoms with Crippen LogP contribution < -0.4 is 10.6 Å². The molecule has 0 bridgehead atoms. The van der Waals surface area contributed by atoms with Gasteiger partial charge in [-0.05, 0) is 12.1 Å². The van der Waals surface area contributed by atoms with Crippen LogP contribution in [0.15, 0.2) is 18.3 Å². The normalized spacial score (nSPS) is 10.3. The molecule has 0 saturated heterocycles. The number of thiophene rings is 1. The van der Waals surface area contributed by atoms with Crippen molar-refractivity contribution in [1.82, 2.24) is 9.97 Å². The highest BCUT2D eigenvalue weighted by Crippen LogP contribution is 2.22. The van der Waals surface area contributed by atoms with Crippen molar-refractivity contribution in [3.05, 3.63) is 33.4 Å². The van der Waals surface area contributed by atoms with Gasteiger partial charge in [0.25, 0.3) is 0 Å². The van der Waals surface area contributed by atoms with E-state index in [1.54, 1.807) is 13.1 Å². The van der Waals surface area contributed by atoms with Gasteiger partial charge in [-0.1, -0.05) is 11.6 Å². The zero-order valence-electron chi connectivity index (χ0n) is 9.00. The van der Waals surface area contributed by atoms with Gasteiger partial charge >= 0.3 is 0 Å². The van der Waals surface area contributed by atoms with E-state index >= 15 is 0 Å². The molecule has 2 heterocycles. The maximum atomic E-state index is 13.4. The molecule has 0 amide bonds. The van der Waals surface area contributed by atoms with Gasteiger partial charge < -0.3 is 10.6 Å². The van der Waals surface area contributed by atoms with Gasteiger partial charge in [-0.15, -0.1) is 11.3 Å². The lowest BCUT2D eigenvalue weighted by atomic mass is 10.4. The molecule has 0 aliphatic rings. The highest BCUT2D eigenvalue weighted by atomic mass is 35.5. The molecule has 0 fully saturated rings. The number of anilines is 2. The summed E-state index contributed by atoms with van der Waals surface area (Å²) in [4.78, 5) is 8.75. The molecule has 2 aromatic heterocycles. The molecule has 0 aliphatic heterocycles. The molecule has 2 rings (SSSR count). The van der Waals surface area contributed by atoms with E-state index in [4.69, 9.17) is 11.6 Å². The van der Waals surface area contributed by atoms with Gasteiger partial charge in [0.1, 0.15) is 0 Å². The molecular formula is C10H10ClFN4S. The molecule has 7 heteroatoms. The van der Waals surface area contributed by atoms with Gasteiger partial charge in [0.2, 0.25) is 5.95 Å². The Hall–Kier alpha value is -1.40. The Balaban J connectivity index is 2.07. The fourth-order valence-electron chi connectivity index (χ4n) is 1.23. The first-order valence-electron chi connectivity index (χ1n) is 4.87. The van der Waals surface area contributed by atoms with Crippen molar-refractivity contribution in [1.29, 1.82) is 0 Å². The SMILES string of the molecule is CNc1ncc(F)c(NCc2ccc(Cl)s2)n1. The standard InChI is InChI=1S/C10H10ClFN4S/c1-13-10-15-5-7(12)9(16-10)14-4-6-2-3-8(11)17-6/h2-3,5H,4H2,1H3,(H2,13,14,15,16). The van der Waals surface area contributed by atoms with Crippen molar-refractivity contribution in [3.8, 4) is 0 Å². The molecule has 0 atom stereocenters. The Morgan fingerprint density at radius 1 is 1.47 bits per heavy atom. The number of hydrogen-bond acceptors (Lipinski definition) is 5. The van der Waals surface area contributed by atoms with Crippen LogP contribution in [0.4, 0.5) is 16.2 Å². The summed E-state index contributed by atoms with van der Waals surface area (Å²) in [6.07, 6.45) is 1.13. The number of aromatic nitrogens is 2. The molecule has 4 nitrogen and oxygen atoms in total. The highest BCUT2D eigenvalue weighted by Gasteiger charge is 2.06. The predicted octanol–water partition coefficient (Wildman–Crippen LogP) is 2.98. The van der Waals surface area contributed by atoms with Crippen LogP contribution in [0.2, 0.25) is 4.34 Å². The van der Waals surface area contributed by atoms with E-state index in [1.807, 2.05) is 6.07 Å². The molecule has 2 aromatic rings. The van der Waals surface area contributed by atoms with E-state index in [0.29, 0.717) is 16.8 Å². The van der Waals surface area contributed by atoms with Crippen LogP contribution in [0.25, 0.3) is 0 Å². The number of nitrogens with zero attached hydrogens (tertiary/aromatic N) is 2.